The number of amidine groups is 1. The molecule has 3 nitrogen and oxygen atoms in total. The largest absolute Gasteiger partial charge is 0.487 e. The van der Waals surface area contributed by atoms with Crippen LogP contribution >= 0.6 is 0 Å². The van der Waals surface area contributed by atoms with Crippen LogP contribution in [0.1, 0.15) is 26.2 Å². The number of nitrogens with zero attached hydrogens (tertiary/aromatic N) is 2. The predicted octanol–water partition coefficient (Wildman–Crippen LogP) is 1.87. The van der Waals surface area contributed by atoms with Crippen molar-refractivity contribution < 1.29 is 13.2 Å². The van der Waals surface area contributed by atoms with Gasteiger partial charge in [0.15, 0.2) is 0 Å². The standard InChI is InChI=1S/C7H12F3N3/c1-2-3-4-6-12-11-5-13(6)7(8,9)10/h11H,2-5H2,1H3. The molecule has 1 aliphatic heterocycles. The van der Waals surface area contributed by atoms with E-state index < -0.39 is 6.30 Å². The van der Waals surface area contributed by atoms with Crippen molar-refractivity contribution in [2.45, 2.75) is 32.5 Å². The molecule has 0 radical (unpaired) electrons. The first-order valence-electron chi connectivity index (χ1n) is 4.19. The molecule has 0 aromatic rings. The summed E-state index contributed by atoms with van der Waals surface area (Å²) in [6, 6.07) is 0. The van der Waals surface area contributed by atoms with E-state index in [0.29, 0.717) is 11.3 Å². The van der Waals surface area contributed by atoms with E-state index in [-0.39, 0.29) is 12.5 Å². The molecule has 0 aromatic heterocycles. The Morgan fingerprint density at radius 2 is 2.23 bits per heavy atom. The highest BCUT2D eigenvalue weighted by molar-refractivity contribution is 5.83. The maximum atomic E-state index is 12.2. The smallest absolute Gasteiger partial charge is 0.288 e. The van der Waals surface area contributed by atoms with Gasteiger partial charge >= 0.3 is 6.30 Å². The number of rotatable bonds is 3. The van der Waals surface area contributed by atoms with E-state index >= 15 is 0 Å². The monoisotopic (exact) mass is 195 g/mol. The van der Waals surface area contributed by atoms with E-state index in [1.165, 1.54) is 0 Å². The van der Waals surface area contributed by atoms with E-state index in [2.05, 4.69) is 10.5 Å². The highest BCUT2D eigenvalue weighted by Crippen LogP contribution is 2.24. The molecule has 0 aromatic carbocycles. The van der Waals surface area contributed by atoms with E-state index in [0.717, 1.165) is 12.8 Å². The lowest BCUT2D eigenvalue weighted by atomic mass is 10.2. The van der Waals surface area contributed by atoms with Crippen molar-refractivity contribution in [3.8, 4) is 0 Å². The summed E-state index contributed by atoms with van der Waals surface area (Å²) in [5, 5.41) is 3.59. The summed E-state index contributed by atoms with van der Waals surface area (Å²) < 4.78 is 36.7. The number of nitrogens with one attached hydrogen (secondary N) is 1. The first-order chi connectivity index (χ1) is 6.05. The Hall–Kier alpha value is -0.940. The van der Waals surface area contributed by atoms with Gasteiger partial charge in [0.25, 0.3) is 0 Å². The van der Waals surface area contributed by atoms with Gasteiger partial charge in [-0.1, -0.05) is 13.3 Å². The normalized spacial score (nSPS) is 17.2. The van der Waals surface area contributed by atoms with Crippen LogP contribution in [-0.4, -0.2) is 23.7 Å². The summed E-state index contributed by atoms with van der Waals surface area (Å²) in [6.45, 7) is 1.67. The van der Waals surface area contributed by atoms with Crippen LogP contribution < -0.4 is 5.43 Å². The van der Waals surface area contributed by atoms with Gasteiger partial charge in [-0.2, -0.15) is 5.10 Å². The number of alkyl halides is 3. The van der Waals surface area contributed by atoms with Crippen molar-refractivity contribution in [1.29, 1.82) is 0 Å². The van der Waals surface area contributed by atoms with Crippen LogP contribution in [-0.2, 0) is 0 Å². The number of halogens is 3. The molecule has 76 valence electrons. The van der Waals surface area contributed by atoms with Crippen LogP contribution in [0.25, 0.3) is 0 Å². The summed E-state index contributed by atoms with van der Waals surface area (Å²) in [7, 11) is 0. The fraction of sp³-hybridized carbons (Fsp3) is 0.857. The molecular weight excluding hydrogens is 183 g/mol. The summed E-state index contributed by atoms with van der Waals surface area (Å²) in [4.78, 5) is 0.336. The zero-order chi connectivity index (χ0) is 9.90. The van der Waals surface area contributed by atoms with Gasteiger partial charge in [-0.15, -0.1) is 13.2 Å². The SMILES string of the molecule is CCCCC1=NNCN1C(F)(F)F. The van der Waals surface area contributed by atoms with Crippen molar-refractivity contribution >= 4 is 5.84 Å². The van der Waals surface area contributed by atoms with Gasteiger partial charge in [0.1, 0.15) is 12.5 Å². The van der Waals surface area contributed by atoms with E-state index in [1.54, 1.807) is 0 Å². The molecule has 0 unspecified atom stereocenters. The number of hydrogen-bond acceptors (Lipinski definition) is 3. The third kappa shape index (κ3) is 2.50. The molecule has 0 aliphatic carbocycles. The van der Waals surface area contributed by atoms with Gasteiger partial charge in [-0.05, 0) is 6.42 Å². The van der Waals surface area contributed by atoms with Crippen LogP contribution in [0, 0.1) is 0 Å². The second-order valence-corrected chi connectivity index (χ2v) is 2.84. The molecule has 13 heavy (non-hydrogen) atoms. The van der Waals surface area contributed by atoms with Crippen LogP contribution in [0.15, 0.2) is 5.10 Å². The second kappa shape index (κ2) is 3.85. The minimum absolute atomic E-state index is 0.0920. The highest BCUT2D eigenvalue weighted by atomic mass is 19.4. The molecular formula is C7H12F3N3. The Morgan fingerprint density at radius 3 is 2.77 bits per heavy atom. The molecule has 1 N–H and O–H groups in total. The fourth-order valence-electron chi connectivity index (χ4n) is 1.11. The maximum Gasteiger partial charge on any atom is 0.487 e. The van der Waals surface area contributed by atoms with Crippen molar-refractivity contribution in [3.63, 3.8) is 0 Å². The van der Waals surface area contributed by atoms with E-state index in [4.69, 9.17) is 0 Å². The third-order valence-corrected chi connectivity index (χ3v) is 1.81. The lowest BCUT2D eigenvalue weighted by molar-refractivity contribution is -0.216. The first-order valence-corrected chi connectivity index (χ1v) is 4.19. The van der Waals surface area contributed by atoms with Gasteiger partial charge in [-0.25, -0.2) is 0 Å². The molecule has 0 saturated carbocycles. The Balaban J connectivity index is 2.53. The van der Waals surface area contributed by atoms with Gasteiger partial charge in [-0.3, -0.25) is 10.3 Å². The fourth-order valence-corrected chi connectivity index (χ4v) is 1.11. The Morgan fingerprint density at radius 1 is 1.54 bits per heavy atom. The van der Waals surface area contributed by atoms with Crippen LogP contribution in [0.3, 0.4) is 0 Å². The zero-order valence-corrected chi connectivity index (χ0v) is 7.36. The average Bonchev–Trinajstić information content (AvgIpc) is 2.47. The number of hydrogen-bond donors (Lipinski definition) is 1. The van der Waals surface area contributed by atoms with Gasteiger partial charge in [0, 0.05) is 6.42 Å². The van der Waals surface area contributed by atoms with Crippen molar-refractivity contribution in [3.05, 3.63) is 0 Å². The molecule has 0 amide bonds. The topological polar surface area (TPSA) is 27.6 Å². The minimum atomic E-state index is -4.31. The molecule has 6 heteroatoms. The highest BCUT2D eigenvalue weighted by Gasteiger charge is 2.41. The Kier molecular flexibility index (Phi) is 3.00. The minimum Gasteiger partial charge on any atom is -0.288 e. The molecule has 0 bridgehead atoms. The van der Waals surface area contributed by atoms with E-state index in [1.807, 2.05) is 6.92 Å². The van der Waals surface area contributed by atoms with Crippen LogP contribution in [0.5, 0.6) is 0 Å². The molecule has 1 heterocycles. The van der Waals surface area contributed by atoms with Crippen molar-refractivity contribution in [1.82, 2.24) is 10.3 Å². The summed E-state index contributed by atoms with van der Waals surface area (Å²) in [5.41, 5.74) is 2.33. The molecule has 1 aliphatic rings. The van der Waals surface area contributed by atoms with Crippen molar-refractivity contribution in [2.24, 2.45) is 5.10 Å². The first kappa shape index (κ1) is 10.1. The summed E-state index contributed by atoms with van der Waals surface area (Å²) in [5.74, 6) is 0.0920. The zero-order valence-electron chi connectivity index (χ0n) is 7.36. The quantitative estimate of drug-likeness (QED) is 0.696. The third-order valence-electron chi connectivity index (χ3n) is 1.81. The van der Waals surface area contributed by atoms with Crippen molar-refractivity contribution in [2.75, 3.05) is 6.67 Å². The predicted molar refractivity (Wildman–Crippen MR) is 42.9 cm³/mol. The lowest BCUT2D eigenvalue weighted by Crippen LogP contribution is -2.41. The van der Waals surface area contributed by atoms with Gasteiger partial charge < -0.3 is 0 Å². The molecule has 1 rings (SSSR count). The molecule has 0 spiro atoms. The molecule has 0 fully saturated rings. The van der Waals surface area contributed by atoms with Crippen LogP contribution in [0.4, 0.5) is 13.2 Å². The van der Waals surface area contributed by atoms with Gasteiger partial charge in [0.2, 0.25) is 0 Å². The Labute approximate surface area is 74.6 Å². The maximum absolute atomic E-state index is 12.2. The second-order valence-electron chi connectivity index (χ2n) is 2.84. The number of hydrazone groups is 1. The lowest BCUT2D eigenvalue weighted by Gasteiger charge is -2.21. The number of unbranched alkanes of at least 4 members (excludes halogenated alkanes) is 1. The average molecular weight is 195 g/mol. The summed E-state index contributed by atoms with van der Waals surface area (Å²) in [6.07, 6.45) is -2.34. The Bertz CT molecular complexity index is 200. The molecule has 0 saturated heterocycles. The molecule has 0 atom stereocenters. The van der Waals surface area contributed by atoms with Gasteiger partial charge in [0.05, 0.1) is 0 Å². The summed E-state index contributed by atoms with van der Waals surface area (Å²) >= 11 is 0. The van der Waals surface area contributed by atoms with Crippen LogP contribution in [0.2, 0.25) is 0 Å². The van der Waals surface area contributed by atoms with E-state index in [9.17, 15) is 13.2 Å².